The molecule has 0 aromatic rings. The number of nitrogens with one attached hydrogen (secondary N) is 1. The number of methoxy groups -OCH3 is 1. The van der Waals surface area contributed by atoms with E-state index < -0.39 is 29.6 Å². The third-order valence-corrected chi connectivity index (χ3v) is 2.56. The number of likely N-dealkylation sites (N-methyl/N-ethyl adjacent to an activating group) is 1. The monoisotopic (exact) mass is 246 g/mol. The third kappa shape index (κ3) is 3.61. The molecule has 0 radical (unpaired) electrons. The number of aliphatic carboxylic acids is 1. The fourth-order valence-electron chi connectivity index (χ4n) is 0.915. The van der Waals surface area contributed by atoms with Crippen LogP contribution in [0.4, 0.5) is 4.79 Å². The molecule has 98 valence electrons. The maximum Gasteiger partial charge on any atom is 0.329 e. The van der Waals surface area contributed by atoms with Crippen molar-refractivity contribution in [1.29, 1.82) is 0 Å². The summed E-state index contributed by atoms with van der Waals surface area (Å²) in [6.45, 7) is 4.22. The van der Waals surface area contributed by atoms with E-state index in [1.54, 1.807) is 0 Å². The van der Waals surface area contributed by atoms with Gasteiger partial charge >= 0.3 is 18.0 Å². The van der Waals surface area contributed by atoms with Gasteiger partial charge in [0.2, 0.25) is 0 Å². The zero-order valence-electron chi connectivity index (χ0n) is 10.6. The summed E-state index contributed by atoms with van der Waals surface area (Å²) in [5.41, 5.74) is -1.36. The molecule has 2 N–H and O–H groups in total. The molecular formula is C10H18N2O5. The molecule has 0 bridgehead atoms. The van der Waals surface area contributed by atoms with E-state index in [9.17, 15) is 14.4 Å². The largest absolute Gasteiger partial charge is 0.480 e. The number of carboxylic acids is 1. The lowest BCUT2D eigenvalue weighted by molar-refractivity contribution is -0.146. The van der Waals surface area contributed by atoms with Crippen molar-refractivity contribution in [3.63, 3.8) is 0 Å². The highest BCUT2D eigenvalue weighted by Gasteiger charge is 2.36. The summed E-state index contributed by atoms with van der Waals surface area (Å²) in [5.74, 6) is -1.74. The van der Waals surface area contributed by atoms with E-state index in [4.69, 9.17) is 5.11 Å². The number of hydrogen-bond acceptors (Lipinski definition) is 4. The molecule has 0 saturated carbocycles. The zero-order chi connectivity index (χ0) is 13.8. The minimum atomic E-state index is -1.36. The lowest BCUT2D eigenvalue weighted by atomic mass is 10.0. The Hall–Kier alpha value is -1.79. The molecule has 0 aromatic carbocycles. The molecule has 0 spiro atoms. The standard InChI is InChI=1S/C10H18N2O5/c1-6(7(13)17-5)11-9(16)12(4)10(2,3)8(14)15/h6H,1-5H3,(H,11,16)(H,14,15). The minimum absolute atomic E-state index is 0.597. The van der Waals surface area contributed by atoms with E-state index in [0.717, 1.165) is 4.90 Å². The van der Waals surface area contributed by atoms with Crippen LogP contribution in [-0.2, 0) is 14.3 Å². The van der Waals surface area contributed by atoms with Crippen LogP contribution in [0, 0.1) is 0 Å². The Balaban J connectivity index is 4.63. The summed E-state index contributed by atoms with van der Waals surface area (Å²) < 4.78 is 4.44. The van der Waals surface area contributed by atoms with Crippen LogP contribution in [-0.4, -0.2) is 53.7 Å². The summed E-state index contributed by atoms with van der Waals surface area (Å²) in [5, 5.41) is 11.3. The molecule has 17 heavy (non-hydrogen) atoms. The summed E-state index contributed by atoms with van der Waals surface area (Å²) in [7, 11) is 2.54. The van der Waals surface area contributed by atoms with Gasteiger partial charge in [-0.25, -0.2) is 14.4 Å². The second kappa shape index (κ2) is 5.51. The van der Waals surface area contributed by atoms with Crippen molar-refractivity contribution in [3.05, 3.63) is 0 Å². The predicted molar refractivity (Wildman–Crippen MR) is 59.5 cm³/mol. The van der Waals surface area contributed by atoms with Crippen molar-refractivity contribution in [1.82, 2.24) is 10.2 Å². The van der Waals surface area contributed by atoms with Crippen molar-refractivity contribution in [3.8, 4) is 0 Å². The van der Waals surface area contributed by atoms with Crippen LogP contribution in [0.1, 0.15) is 20.8 Å². The Morgan fingerprint density at radius 1 is 1.35 bits per heavy atom. The SMILES string of the molecule is COC(=O)C(C)NC(=O)N(C)C(C)(C)C(=O)O. The molecule has 0 aliphatic rings. The van der Waals surface area contributed by atoms with Gasteiger partial charge in [0.1, 0.15) is 11.6 Å². The van der Waals surface area contributed by atoms with Gasteiger partial charge in [-0.1, -0.05) is 0 Å². The number of carboxylic acid groups (broad SMARTS) is 1. The number of carbonyl (C=O) groups is 3. The van der Waals surface area contributed by atoms with E-state index in [-0.39, 0.29) is 0 Å². The topological polar surface area (TPSA) is 95.9 Å². The molecule has 1 atom stereocenters. The number of ether oxygens (including phenoxy) is 1. The zero-order valence-corrected chi connectivity index (χ0v) is 10.6. The Morgan fingerprint density at radius 2 is 1.82 bits per heavy atom. The Morgan fingerprint density at radius 3 is 2.18 bits per heavy atom. The summed E-state index contributed by atoms with van der Waals surface area (Å²) >= 11 is 0. The van der Waals surface area contributed by atoms with Gasteiger partial charge in [0.25, 0.3) is 0 Å². The van der Waals surface area contributed by atoms with E-state index in [0.29, 0.717) is 0 Å². The van der Waals surface area contributed by atoms with Gasteiger partial charge in [0.15, 0.2) is 0 Å². The molecule has 0 saturated heterocycles. The van der Waals surface area contributed by atoms with Gasteiger partial charge in [0.05, 0.1) is 7.11 Å². The van der Waals surface area contributed by atoms with Crippen LogP contribution in [0.25, 0.3) is 0 Å². The van der Waals surface area contributed by atoms with Crippen LogP contribution in [0.2, 0.25) is 0 Å². The number of nitrogens with zero attached hydrogens (tertiary/aromatic N) is 1. The number of urea groups is 1. The van der Waals surface area contributed by atoms with Crippen molar-refractivity contribution >= 4 is 18.0 Å². The first-order valence-electron chi connectivity index (χ1n) is 5.00. The van der Waals surface area contributed by atoms with Crippen molar-refractivity contribution in [2.45, 2.75) is 32.4 Å². The molecule has 0 aromatic heterocycles. The fraction of sp³-hybridized carbons (Fsp3) is 0.700. The number of rotatable bonds is 4. The number of amides is 2. The molecular weight excluding hydrogens is 228 g/mol. The smallest absolute Gasteiger partial charge is 0.329 e. The first-order chi connectivity index (χ1) is 7.64. The normalized spacial score (nSPS) is 12.5. The van der Waals surface area contributed by atoms with Crippen LogP contribution >= 0.6 is 0 Å². The van der Waals surface area contributed by atoms with Crippen LogP contribution in [0.3, 0.4) is 0 Å². The Bertz CT molecular complexity index is 327. The average molecular weight is 246 g/mol. The lowest BCUT2D eigenvalue weighted by Crippen LogP contribution is -2.56. The highest BCUT2D eigenvalue weighted by molar-refractivity contribution is 5.88. The lowest BCUT2D eigenvalue weighted by Gasteiger charge is -2.32. The first-order valence-corrected chi connectivity index (χ1v) is 5.00. The maximum absolute atomic E-state index is 11.7. The molecule has 1 unspecified atom stereocenters. The Kier molecular flexibility index (Phi) is 4.93. The summed E-state index contributed by atoms with van der Waals surface area (Å²) in [6.07, 6.45) is 0. The van der Waals surface area contributed by atoms with Gasteiger partial charge in [-0.3, -0.25) is 0 Å². The van der Waals surface area contributed by atoms with Crippen LogP contribution in [0.15, 0.2) is 0 Å². The fourth-order valence-corrected chi connectivity index (χ4v) is 0.915. The van der Waals surface area contributed by atoms with Gasteiger partial charge < -0.3 is 20.1 Å². The summed E-state index contributed by atoms with van der Waals surface area (Å²) in [6, 6.07) is -1.49. The highest BCUT2D eigenvalue weighted by atomic mass is 16.5. The van der Waals surface area contributed by atoms with Gasteiger partial charge in [-0.15, -0.1) is 0 Å². The van der Waals surface area contributed by atoms with Crippen molar-refractivity contribution in [2.75, 3.05) is 14.2 Å². The van der Waals surface area contributed by atoms with Crippen molar-refractivity contribution < 1.29 is 24.2 Å². The molecule has 7 heteroatoms. The van der Waals surface area contributed by atoms with E-state index in [1.165, 1.54) is 34.9 Å². The van der Waals surface area contributed by atoms with Crippen LogP contribution in [0.5, 0.6) is 0 Å². The highest BCUT2D eigenvalue weighted by Crippen LogP contribution is 2.12. The number of hydrogen-bond donors (Lipinski definition) is 2. The Labute approximate surface area is 99.7 Å². The van der Waals surface area contributed by atoms with Gasteiger partial charge in [-0.05, 0) is 20.8 Å². The molecule has 7 nitrogen and oxygen atoms in total. The molecule has 0 fully saturated rings. The number of carbonyl (C=O) groups excluding carboxylic acids is 2. The maximum atomic E-state index is 11.7. The molecule has 0 rings (SSSR count). The molecule has 0 heterocycles. The van der Waals surface area contributed by atoms with Gasteiger partial charge in [-0.2, -0.15) is 0 Å². The van der Waals surface area contributed by atoms with E-state index in [2.05, 4.69) is 10.1 Å². The van der Waals surface area contributed by atoms with E-state index in [1.807, 2.05) is 0 Å². The molecule has 0 aliphatic carbocycles. The first kappa shape index (κ1) is 15.2. The molecule has 2 amide bonds. The second-order valence-electron chi connectivity index (χ2n) is 4.12. The van der Waals surface area contributed by atoms with E-state index >= 15 is 0 Å². The summed E-state index contributed by atoms with van der Waals surface area (Å²) in [4.78, 5) is 34.7. The van der Waals surface area contributed by atoms with Crippen LogP contribution < -0.4 is 5.32 Å². The third-order valence-electron chi connectivity index (χ3n) is 2.56. The average Bonchev–Trinajstić information content (AvgIpc) is 2.26. The van der Waals surface area contributed by atoms with Gasteiger partial charge in [0, 0.05) is 7.05 Å². The van der Waals surface area contributed by atoms with Crippen molar-refractivity contribution in [2.24, 2.45) is 0 Å². The quantitative estimate of drug-likeness (QED) is 0.683. The molecule has 0 aliphatic heterocycles. The number of esters is 1. The second-order valence-corrected chi connectivity index (χ2v) is 4.12. The predicted octanol–water partition coefficient (Wildman–Crippen LogP) is 0.0525. The minimum Gasteiger partial charge on any atom is -0.480 e.